The first kappa shape index (κ1) is 16.4. The van der Waals surface area contributed by atoms with Crippen molar-refractivity contribution in [3.8, 4) is 0 Å². The second-order valence-electron chi connectivity index (χ2n) is 4.07. The summed E-state index contributed by atoms with van der Waals surface area (Å²) in [6.07, 6.45) is 3.75. The number of hydrogen-bond acceptors (Lipinski definition) is 4. The van der Waals surface area contributed by atoms with Crippen molar-refractivity contribution >= 4 is 29.4 Å². The molecule has 0 aliphatic rings. The van der Waals surface area contributed by atoms with Gasteiger partial charge < -0.3 is 9.47 Å². The molecule has 0 radical (unpaired) electrons. The Labute approximate surface area is 123 Å². The largest absolute Gasteiger partial charge is 0.469 e. The molecule has 0 heterocycles. The van der Waals surface area contributed by atoms with Crippen LogP contribution >= 0.6 is 11.6 Å². The molecule has 1 aromatic carbocycles. The Morgan fingerprint density at radius 1 is 1.35 bits per heavy atom. The summed E-state index contributed by atoms with van der Waals surface area (Å²) in [5.41, 5.74) is 0.989. The Bertz CT molecular complexity index is 483. The Morgan fingerprint density at radius 3 is 2.85 bits per heavy atom. The average molecular weight is 297 g/mol. The fraction of sp³-hybridized carbons (Fsp3) is 0.333. The zero-order valence-corrected chi connectivity index (χ0v) is 12.1. The summed E-state index contributed by atoms with van der Waals surface area (Å²) < 4.78 is 9.68. The van der Waals surface area contributed by atoms with Crippen LogP contribution in [0.15, 0.2) is 30.3 Å². The minimum Gasteiger partial charge on any atom is -0.469 e. The van der Waals surface area contributed by atoms with E-state index in [0.29, 0.717) is 11.6 Å². The minimum atomic E-state index is -0.518. The van der Waals surface area contributed by atoms with E-state index in [0.717, 1.165) is 5.56 Å². The number of ether oxygens (including phenoxy) is 2. The van der Waals surface area contributed by atoms with Gasteiger partial charge in [-0.1, -0.05) is 35.9 Å². The number of Topliss-reactive ketones (excluding diaryl/α,β-unsaturated/α-hetero) is 1. The topological polar surface area (TPSA) is 52.6 Å². The molecule has 0 N–H and O–H groups in total. The van der Waals surface area contributed by atoms with Crippen molar-refractivity contribution in [2.75, 3.05) is 20.3 Å². The van der Waals surface area contributed by atoms with Crippen LogP contribution in [0.1, 0.15) is 18.4 Å². The molecule has 0 fully saturated rings. The highest BCUT2D eigenvalue weighted by Crippen LogP contribution is 2.11. The van der Waals surface area contributed by atoms with E-state index in [2.05, 4.69) is 4.74 Å². The molecule has 1 rings (SSSR count). The van der Waals surface area contributed by atoms with Crippen molar-refractivity contribution in [1.82, 2.24) is 0 Å². The number of methoxy groups -OCH3 is 1. The van der Waals surface area contributed by atoms with Crippen LogP contribution < -0.4 is 0 Å². The number of benzene rings is 1. The monoisotopic (exact) mass is 296 g/mol. The maximum Gasteiger partial charge on any atom is 0.313 e. The number of carbonyl (C=O) groups excluding carboxylic acids is 2. The van der Waals surface area contributed by atoms with E-state index in [1.54, 1.807) is 0 Å². The van der Waals surface area contributed by atoms with Gasteiger partial charge in [-0.25, -0.2) is 0 Å². The molecule has 1 aromatic rings. The second kappa shape index (κ2) is 9.28. The van der Waals surface area contributed by atoms with Crippen molar-refractivity contribution in [1.29, 1.82) is 0 Å². The van der Waals surface area contributed by atoms with E-state index in [-0.39, 0.29) is 25.2 Å². The Kier molecular flexibility index (Phi) is 7.62. The van der Waals surface area contributed by atoms with Gasteiger partial charge in [0, 0.05) is 11.4 Å². The van der Waals surface area contributed by atoms with Crippen LogP contribution in [0.25, 0.3) is 6.08 Å². The quantitative estimate of drug-likeness (QED) is 0.420. The smallest absolute Gasteiger partial charge is 0.313 e. The number of hydrogen-bond donors (Lipinski definition) is 0. The lowest BCUT2D eigenvalue weighted by Crippen LogP contribution is -2.11. The Balaban J connectivity index is 2.16. The molecule has 0 saturated heterocycles. The summed E-state index contributed by atoms with van der Waals surface area (Å²) in [6.45, 7) is 0.688. The third kappa shape index (κ3) is 7.07. The number of halogens is 1. The average Bonchev–Trinajstić information content (AvgIpc) is 2.42. The molecule has 108 valence electrons. The Morgan fingerprint density at radius 2 is 2.15 bits per heavy atom. The second-order valence-corrected chi connectivity index (χ2v) is 4.51. The molecule has 5 heteroatoms. The van der Waals surface area contributed by atoms with Gasteiger partial charge in [-0.3, -0.25) is 9.59 Å². The van der Waals surface area contributed by atoms with Gasteiger partial charge in [0.25, 0.3) is 0 Å². The predicted octanol–water partition coefficient (Wildman–Crippen LogP) is 2.89. The third-order valence-corrected chi connectivity index (χ3v) is 2.70. The molecule has 20 heavy (non-hydrogen) atoms. The maximum absolute atomic E-state index is 11.3. The first-order chi connectivity index (χ1) is 9.61. The molecule has 0 amide bonds. The lowest BCUT2D eigenvalue weighted by atomic mass is 10.2. The summed E-state index contributed by atoms with van der Waals surface area (Å²) in [6, 6.07) is 7.46. The molecule has 0 aromatic heterocycles. The first-order valence-electron chi connectivity index (χ1n) is 6.20. The number of ketones is 1. The lowest BCUT2D eigenvalue weighted by molar-refractivity contribution is -0.143. The van der Waals surface area contributed by atoms with E-state index in [4.69, 9.17) is 16.3 Å². The van der Waals surface area contributed by atoms with Crippen LogP contribution in [-0.2, 0) is 19.1 Å². The normalized spacial score (nSPS) is 10.7. The number of carbonyl (C=O) groups is 2. The molecule has 0 atom stereocenters. The van der Waals surface area contributed by atoms with E-state index < -0.39 is 5.97 Å². The predicted molar refractivity (Wildman–Crippen MR) is 77.6 cm³/mol. The van der Waals surface area contributed by atoms with Crippen LogP contribution in [-0.4, -0.2) is 32.1 Å². The van der Waals surface area contributed by atoms with Crippen LogP contribution in [0.3, 0.4) is 0 Å². The van der Waals surface area contributed by atoms with Gasteiger partial charge >= 0.3 is 5.97 Å². The molecule has 0 bridgehead atoms. The summed E-state index contributed by atoms with van der Waals surface area (Å²) >= 11 is 5.86. The van der Waals surface area contributed by atoms with Gasteiger partial charge in [0.1, 0.15) is 12.2 Å². The maximum atomic E-state index is 11.3. The molecule has 0 aliphatic carbocycles. The van der Waals surface area contributed by atoms with E-state index in [9.17, 15) is 9.59 Å². The van der Waals surface area contributed by atoms with Gasteiger partial charge in [-0.2, -0.15) is 0 Å². The van der Waals surface area contributed by atoms with Crippen molar-refractivity contribution in [2.45, 2.75) is 12.8 Å². The number of rotatable bonds is 8. The van der Waals surface area contributed by atoms with Crippen LogP contribution in [0.4, 0.5) is 0 Å². The van der Waals surface area contributed by atoms with Gasteiger partial charge in [0.2, 0.25) is 0 Å². The van der Waals surface area contributed by atoms with Crippen LogP contribution in [0, 0.1) is 0 Å². The molecule has 4 nitrogen and oxygen atoms in total. The highest BCUT2D eigenvalue weighted by Gasteiger charge is 2.08. The van der Waals surface area contributed by atoms with E-state index in [1.807, 2.05) is 36.4 Å². The molecule has 0 aliphatic heterocycles. The first-order valence-corrected chi connectivity index (χ1v) is 6.58. The summed E-state index contributed by atoms with van der Waals surface area (Å²) in [7, 11) is 1.26. The number of esters is 1. The summed E-state index contributed by atoms with van der Waals surface area (Å²) in [4.78, 5) is 22.1. The van der Waals surface area contributed by atoms with Crippen LogP contribution in [0.2, 0.25) is 5.02 Å². The highest BCUT2D eigenvalue weighted by molar-refractivity contribution is 6.30. The molecule has 0 unspecified atom stereocenters. The van der Waals surface area contributed by atoms with E-state index in [1.165, 1.54) is 7.11 Å². The fourth-order valence-corrected chi connectivity index (χ4v) is 1.65. The van der Waals surface area contributed by atoms with E-state index >= 15 is 0 Å². The lowest BCUT2D eigenvalue weighted by Gasteiger charge is -2.01. The van der Waals surface area contributed by atoms with Gasteiger partial charge in [-0.15, -0.1) is 0 Å². The summed E-state index contributed by atoms with van der Waals surface area (Å²) in [5.74, 6) is -0.702. The minimum absolute atomic E-state index is 0.185. The highest BCUT2D eigenvalue weighted by atomic mass is 35.5. The zero-order valence-electron chi connectivity index (χ0n) is 11.3. The van der Waals surface area contributed by atoms with Crippen molar-refractivity contribution in [3.63, 3.8) is 0 Å². The standard InChI is InChI=1S/C15H17ClO4/c1-19-15(18)11-14(17)7-9-20-8-3-5-12-4-2-6-13(16)10-12/h2-6,10H,7-9,11H2,1H3/b5-3+. The van der Waals surface area contributed by atoms with Crippen molar-refractivity contribution < 1.29 is 19.1 Å². The summed E-state index contributed by atoms with van der Waals surface area (Å²) in [5, 5.41) is 0.682. The third-order valence-electron chi connectivity index (χ3n) is 2.47. The molecule has 0 spiro atoms. The SMILES string of the molecule is COC(=O)CC(=O)CCOC/C=C/c1cccc(Cl)c1. The van der Waals surface area contributed by atoms with Crippen molar-refractivity contribution in [3.05, 3.63) is 40.9 Å². The molecular formula is C15H17ClO4. The Hall–Kier alpha value is -1.65. The molecule has 0 saturated carbocycles. The van der Waals surface area contributed by atoms with Gasteiger partial charge in [-0.05, 0) is 17.7 Å². The molecular weight excluding hydrogens is 280 g/mol. The van der Waals surface area contributed by atoms with Gasteiger partial charge in [0.15, 0.2) is 0 Å². The van der Waals surface area contributed by atoms with Crippen molar-refractivity contribution in [2.24, 2.45) is 0 Å². The van der Waals surface area contributed by atoms with Crippen LogP contribution in [0.5, 0.6) is 0 Å². The zero-order chi connectivity index (χ0) is 14.8. The van der Waals surface area contributed by atoms with Gasteiger partial charge in [0.05, 0.1) is 20.3 Å². The fourth-order valence-electron chi connectivity index (χ4n) is 1.45.